The summed E-state index contributed by atoms with van der Waals surface area (Å²) in [6, 6.07) is 52.8. The molecule has 0 N–H and O–H groups in total. The van der Waals surface area contributed by atoms with Gasteiger partial charge < -0.3 is 8.98 Å². The minimum Gasteiger partial charge on any atom is -0.455 e. The number of nitrogens with zero attached hydrogens (tertiary/aromatic N) is 4. The number of hydrogen-bond acceptors (Lipinski definition) is 3. The number of aromatic nitrogens is 4. The predicted molar refractivity (Wildman–Crippen MR) is 191 cm³/mol. The summed E-state index contributed by atoms with van der Waals surface area (Å²) in [6.45, 7) is 0. The number of rotatable bonds is 4. The largest absolute Gasteiger partial charge is 0.455 e. The zero-order valence-corrected chi connectivity index (χ0v) is 25.2. The first-order chi connectivity index (χ1) is 23.3. The van der Waals surface area contributed by atoms with E-state index in [2.05, 4.69) is 124 Å². The van der Waals surface area contributed by atoms with Crippen molar-refractivity contribution in [2.24, 2.45) is 0 Å². The van der Waals surface area contributed by atoms with Crippen molar-refractivity contribution in [1.82, 2.24) is 19.1 Å². The average molecular weight is 603 g/mol. The maximum Gasteiger partial charge on any atom is 0.146 e. The van der Waals surface area contributed by atoms with Gasteiger partial charge in [-0.25, -0.2) is 9.97 Å². The lowest BCUT2D eigenvalue weighted by atomic mass is 10.0. The van der Waals surface area contributed by atoms with E-state index in [1.807, 2.05) is 42.6 Å². The molecule has 0 atom stereocenters. The molecule has 0 radical (unpaired) electrons. The summed E-state index contributed by atoms with van der Waals surface area (Å²) in [5, 5.41) is 4.56. The van der Waals surface area contributed by atoms with E-state index in [1.165, 1.54) is 0 Å². The van der Waals surface area contributed by atoms with E-state index in [-0.39, 0.29) is 0 Å². The van der Waals surface area contributed by atoms with Gasteiger partial charge in [0.1, 0.15) is 22.8 Å². The molecule has 0 spiro atoms. The topological polar surface area (TPSA) is 48.8 Å². The van der Waals surface area contributed by atoms with Crippen LogP contribution in [0.2, 0.25) is 0 Å². The molecule has 4 heterocycles. The number of fused-ring (bicyclic) bond motifs is 8. The second-order valence-corrected chi connectivity index (χ2v) is 11.8. The van der Waals surface area contributed by atoms with Crippen LogP contribution >= 0.6 is 0 Å². The normalized spacial score (nSPS) is 11.8. The Morgan fingerprint density at radius 1 is 0.489 bits per heavy atom. The molecule has 5 nitrogen and oxygen atoms in total. The molecule has 0 bridgehead atoms. The summed E-state index contributed by atoms with van der Waals surface area (Å²) < 4.78 is 10.9. The van der Waals surface area contributed by atoms with Crippen LogP contribution in [0.5, 0.6) is 0 Å². The van der Waals surface area contributed by atoms with Crippen molar-refractivity contribution in [3.8, 4) is 34.0 Å². The Bertz CT molecular complexity index is 2770. The standard InChI is InChI=1S/C42H26N4O/c1-2-11-28(12-3-1)42-44-40-36(46(42)38-19-8-9-26-43-38)25-24-35-39(40)33-14-4-6-17-34(33)45(35)29-22-20-27(21-23-29)30-15-10-16-32-31-13-5-7-18-37(31)47-41(30)32/h1-26H. The molecule has 5 heteroatoms. The average Bonchev–Trinajstić information content (AvgIpc) is 3.82. The monoisotopic (exact) mass is 602 g/mol. The van der Waals surface area contributed by atoms with Gasteiger partial charge in [-0.1, -0.05) is 103 Å². The number of furan rings is 1. The highest BCUT2D eigenvalue weighted by molar-refractivity contribution is 6.20. The number of para-hydroxylation sites is 3. The second-order valence-electron chi connectivity index (χ2n) is 11.8. The van der Waals surface area contributed by atoms with Crippen LogP contribution in [0.25, 0.3) is 88.8 Å². The third kappa shape index (κ3) is 3.83. The Hall–Kier alpha value is -6.46. The van der Waals surface area contributed by atoms with E-state index in [0.717, 1.165) is 88.8 Å². The van der Waals surface area contributed by atoms with Gasteiger partial charge >= 0.3 is 0 Å². The Labute approximate surface area is 269 Å². The molecule has 0 aliphatic rings. The van der Waals surface area contributed by atoms with Crippen molar-refractivity contribution in [3.63, 3.8) is 0 Å². The fraction of sp³-hybridized carbons (Fsp3) is 0. The molecule has 10 aromatic rings. The van der Waals surface area contributed by atoms with Crippen LogP contribution in [0, 0.1) is 0 Å². The minimum absolute atomic E-state index is 0.840. The van der Waals surface area contributed by atoms with Crippen molar-refractivity contribution in [3.05, 3.63) is 158 Å². The zero-order valence-electron chi connectivity index (χ0n) is 25.2. The molecule has 220 valence electrons. The highest BCUT2D eigenvalue weighted by Crippen LogP contribution is 2.40. The molecule has 4 aromatic heterocycles. The van der Waals surface area contributed by atoms with Gasteiger partial charge in [-0.05, 0) is 54.1 Å². The SMILES string of the molecule is c1ccc(-c2nc3c4c5ccccc5n(-c5ccc(-c6cccc7c6oc6ccccc67)cc5)c4ccc3n2-c2ccccn2)cc1. The fourth-order valence-corrected chi connectivity index (χ4v) is 7.14. The molecule has 0 amide bonds. The molecular weight excluding hydrogens is 576 g/mol. The van der Waals surface area contributed by atoms with E-state index >= 15 is 0 Å². The van der Waals surface area contributed by atoms with Gasteiger partial charge in [0.15, 0.2) is 0 Å². The van der Waals surface area contributed by atoms with Crippen LogP contribution in [0.4, 0.5) is 0 Å². The van der Waals surface area contributed by atoms with E-state index in [0.29, 0.717) is 0 Å². The number of imidazole rings is 1. The second kappa shape index (κ2) is 10.0. The summed E-state index contributed by atoms with van der Waals surface area (Å²) in [7, 11) is 0. The first-order valence-corrected chi connectivity index (χ1v) is 15.8. The summed E-state index contributed by atoms with van der Waals surface area (Å²) in [6.07, 6.45) is 1.83. The van der Waals surface area contributed by atoms with Gasteiger partial charge in [-0.2, -0.15) is 0 Å². The third-order valence-corrected chi connectivity index (χ3v) is 9.21. The molecule has 0 aliphatic heterocycles. The molecule has 0 fully saturated rings. The van der Waals surface area contributed by atoms with E-state index in [1.54, 1.807) is 0 Å². The molecule has 6 aromatic carbocycles. The van der Waals surface area contributed by atoms with Gasteiger partial charge in [-0.15, -0.1) is 0 Å². The van der Waals surface area contributed by atoms with E-state index in [9.17, 15) is 0 Å². The number of benzene rings is 6. The van der Waals surface area contributed by atoms with Crippen LogP contribution < -0.4 is 0 Å². The van der Waals surface area contributed by atoms with Gasteiger partial charge in [0.2, 0.25) is 0 Å². The lowest BCUT2D eigenvalue weighted by Gasteiger charge is -2.10. The van der Waals surface area contributed by atoms with Crippen LogP contribution in [-0.2, 0) is 0 Å². The maximum atomic E-state index is 6.35. The van der Waals surface area contributed by atoms with Crippen LogP contribution in [0.3, 0.4) is 0 Å². The van der Waals surface area contributed by atoms with Crippen LogP contribution in [0.15, 0.2) is 162 Å². The Kier molecular flexibility index (Phi) is 5.51. The van der Waals surface area contributed by atoms with Crippen molar-refractivity contribution < 1.29 is 4.42 Å². The zero-order chi connectivity index (χ0) is 30.9. The Morgan fingerprint density at radius 2 is 1.23 bits per heavy atom. The fourth-order valence-electron chi connectivity index (χ4n) is 7.14. The molecule has 47 heavy (non-hydrogen) atoms. The highest BCUT2D eigenvalue weighted by Gasteiger charge is 2.21. The first kappa shape index (κ1) is 25.8. The summed E-state index contributed by atoms with van der Waals surface area (Å²) in [5.74, 6) is 1.71. The van der Waals surface area contributed by atoms with Gasteiger partial charge in [0, 0.05) is 44.6 Å². The van der Waals surface area contributed by atoms with Crippen molar-refractivity contribution >= 4 is 54.8 Å². The predicted octanol–water partition coefficient (Wildman–Crippen LogP) is 10.8. The highest BCUT2D eigenvalue weighted by atomic mass is 16.3. The van der Waals surface area contributed by atoms with Gasteiger partial charge in [0.05, 0.1) is 22.1 Å². The van der Waals surface area contributed by atoms with Crippen molar-refractivity contribution in [2.75, 3.05) is 0 Å². The van der Waals surface area contributed by atoms with Crippen molar-refractivity contribution in [1.29, 1.82) is 0 Å². The lowest BCUT2D eigenvalue weighted by molar-refractivity contribution is 0.670. The minimum atomic E-state index is 0.840. The molecule has 0 aliphatic carbocycles. The molecular formula is C42H26N4O. The lowest BCUT2D eigenvalue weighted by Crippen LogP contribution is -1.99. The Morgan fingerprint density at radius 3 is 2.09 bits per heavy atom. The van der Waals surface area contributed by atoms with E-state index < -0.39 is 0 Å². The number of pyridine rings is 1. The summed E-state index contributed by atoms with van der Waals surface area (Å²) in [5.41, 5.74) is 10.4. The first-order valence-electron chi connectivity index (χ1n) is 15.8. The van der Waals surface area contributed by atoms with Crippen molar-refractivity contribution in [2.45, 2.75) is 0 Å². The summed E-state index contributed by atoms with van der Waals surface area (Å²) in [4.78, 5) is 10.1. The maximum absolute atomic E-state index is 6.35. The third-order valence-electron chi connectivity index (χ3n) is 9.21. The van der Waals surface area contributed by atoms with Crippen LogP contribution in [-0.4, -0.2) is 19.1 Å². The quantitative estimate of drug-likeness (QED) is 0.201. The summed E-state index contributed by atoms with van der Waals surface area (Å²) >= 11 is 0. The smallest absolute Gasteiger partial charge is 0.146 e. The Balaban J connectivity index is 1.19. The van der Waals surface area contributed by atoms with Gasteiger partial charge in [-0.3, -0.25) is 4.57 Å². The number of hydrogen-bond donors (Lipinski definition) is 0. The molecule has 0 unspecified atom stereocenters. The van der Waals surface area contributed by atoms with E-state index in [4.69, 9.17) is 14.4 Å². The molecule has 0 saturated carbocycles. The molecule has 0 saturated heterocycles. The van der Waals surface area contributed by atoms with Gasteiger partial charge in [0.25, 0.3) is 0 Å². The molecule has 10 rings (SSSR count). The van der Waals surface area contributed by atoms with Crippen LogP contribution in [0.1, 0.15) is 0 Å².